The molecule has 1 aliphatic heterocycles. The summed E-state index contributed by atoms with van der Waals surface area (Å²) in [6.45, 7) is 3.13. The Balaban J connectivity index is 1.86. The van der Waals surface area contributed by atoms with Crippen LogP contribution in [0.25, 0.3) is 0 Å². The van der Waals surface area contributed by atoms with Crippen molar-refractivity contribution in [1.82, 2.24) is 4.90 Å². The van der Waals surface area contributed by atoms with E-state index in [2.05, 4.69) is 0 Å². The Labute approximate surface area is 128 Å². The highest BCUT2D eigenvalue weighted by atomic mass is 35.5. The largest absolute Gasteiger partial charge is 0.466 e. The van der Waals surface area contributed by atoms with Crippen molar-refractivity contribution in [3.63, 3.8) is 0 Å². The lowest BCUT2D eigenvalue weighted by atomic mass is 9.97. The van der Waals surface area contributed by atoms with Gasteiger partial charge >= 0.3 is 12.1 Å². The lowest BCUT2D eigenvalue weighted by Gasteiger charge is -2.30. The summed E-state index contributed by atoms with van der Waals surface area (Å²) >= 11 is 5.95. The van der Waals surface area contributed by atoms with Gasteiger partial charge in [0.15, 0.2) is 5.75 Å². The second-order valence-corrected chi connectivity index (χ2v) is 5.22. The van der Waals surface area contributed by atoms with Crippen LogP contribution in [0.4, 0.5) is 4.79 Å². The number of nitrogens with zero attached hydrogens (tertiary/aromatic N) is 1. The predicted octanol–water partition coefficient (Wildman–Crippen LogP) is 3.11. The monoisotopic (exact) mass is 311 g/mol. The van der Waals surface area contributed by atoms with Crippen molar-refractivity contribution in [2.45, 2.75) is 19.8 Å². The van der Waals surface area contributed by atoms with Crippen molar-refractivity contribution in [2.75, 3.05) is 19.7 Å². The number of hydrogen-bond donors (Lipinski definition) is 0. The molecule has 0 unspecified atom stereocenters. The van der Waals surface area contributed by atoms with Crippen molar-refractivity contribution in [3.05, 3.63) is 29.3 Å². The zero-order chi connectivity index (χ0) is 15.2. The van der Waals surface area contributed by atoms with Gasteiger partial charge in [-0.2, -0.15) is 0 Å². The Kier molecular flexibility index (Phi) is 5.44. The highest BCUT2D eigenvalue weighted by molar-refractivity contribution is 6.32. The van der Waals surface area contributed by atoms with Crippen LogP contribution in [-0.4, -0.2) is 36.7 Å². The molecule has 0 saturated carbocycles. The molecule has 0 atom stereocenters. The molecule has 0 N–H and O–H groups in total. The first-order valence-corrected chi connectivity index (χ1v) is 7.37. The number of likely N-dealkylation sites (tertiary alicyclic amines) is 1. The van der Waals surface area contributed by atoms with E-state index in [-0.39, 0.29) is 11.9 Å². The molecule has 114 valence electrons. The molecule has 1 saturated heterocycles. The maximum atomic E-state index is 12.1. The maximum Gasteiger partial charge on any atom is 0.415 e. The average molecular weight is 312 g/mol. The van der Waals surface area contributed by atoms with Crippen molar-refractivity contribution < 1.29 is 19.1 Å². The molecule has 0 spiro atoms. The minimum atomic E-state index is -0.439. The quantitative estimate of drug-likeness (QED) is 0.805. The number of amides is 1. The molecule has 5 nitrogen and oxygen atoms in total. The summed E-state index contributed by atoms with van der Waals surface area (Å²) in [6.07, 6.45) is 0.748. The van der Waals surface area contributed by atoms with Gasteiger partial charge in [0.1, 0.15) is 0 Å². The Morgan fingerprint density at radius 3 is 2.57 bits per heavy atom. The molecule has 1 aromatic carbocycles. The van der Waals surface area contributed by atoms with Crippen molar-refractivity contribution >= 4 is 23.7 Å². The first-order chi connectivity index (χ1) is 10.1. The summed E-state index contributed by atoms with van der Waals surface area (Å²) in [7, 11) is 0. The number of piperidine rings is 1. The van der Waals surface area contributed by atoms with Gasteiger partial charge < -0.3 is 14.4 Å². The van der Waals surface area contributed by atoms with E-state index in [1.54, 1.807) is 36.1 Å². The van der Waals surface area contributed by atoms with Crippen molar-refractivity contribution in [3.8, 4) is 5.75 Å². The van der Waals surface area contributed by atoms with E-state index in [4.69, 9.17) is 21.1 Å². The Bertz CT molecular complexity index is 512. The highest BCUT2D eigenvalue weighted by Gasteiger charge is 2.29. The van der Waals surface area contributed by atoms with Gasteiger partial charge in [-0.15, -0.1) is 0 Å². The fourth-order valence-corrected chi connectivity index (χ4v) is 2.42. The number of rotatable bonds is 3. The molecule has 0 radical (unpaired) electrons. The van der Waals surface area contributed by atoms with E-state index in [1.807, 2.05) is 0 Å². The number of carbonyl (C=O) groups is 2. The molecule has 1 fully saturated rings. The van der Waals surface area contributed by atoms with Gasteiger partial charge in [0.2, 0.25) is 0 Å². The number of carbonyl (C=O) groups excluding carboxylic acids is 2. The number of esters is 1. The Hall–Kier alpha value is -1.75. The van der Waals surface area contributed by atoms with Gasteiger partial charge in [-0.25, -0.2) is 4.79 Å². The third kappa shape index (κ3) is 4.11. The molecule has 21 heavy (non-hydrogen) atoms. The van der Waals surface area contributed by atoms with Crippen LogP contribution in [0.2, 0.25) is 5.02 Å². The fraction of sp³-hybridized carbons (Fsp3) is 0.467. The van der Waals surface area contributed by atoms with E-state index in [9.17, 15) is 9.59 Å². The maximum absolute atomic E-state index is 12.1. The molecule has 0 aliphatic carbocycles. The van der Waals surface area contributed by atoms with Gasteiger partial charge in [0, 0.05) is 13.1 Å². The second-order valence-electron chi connectivity index (χ2n) is 4.81. The van der Waals surface area contributed by atoms with Crippen LogP contribution in [0.3, 0.4) is 0 Å². The smallest absolute Gasteiger partial charge is 0.415 e. The average Bonchev–Trinajstić information content (AvgIpc) is 2.50. The lowest BCUT2D eigenvalue weighted by Crippen LogP contribution is -2.42. The van der Waals surface area contributed by atoms with Crippen LogP contribution < -0.4 is 4.74 Å². The van der Waals surface area contributed by atoms with E-state index in [1.165, 1.54) is 0 Å². The van der Waals surface area contributed by atoms with Crippen molar-refractivity contribution in [1.29, 1.82) is 0 Å². The molecular formula is C15H18ClNO4. The van der Waals surface area contributed by atoms with Crippen LogP contribution in [-0.2, 0) is 9.53 Å². The van der Waals surface area contributed by atoms with Crippen LogP contribution in [0, 0.1) is 5.92 Å². The molecule has 1 amide bonds. The van der Waals surface area contributed by atoms with Crippen LogP contribution >= 0.6 is 11.6 Å². The van der Waals surface area contributed by atoms with Crippen LogP contribution in [0.1, 0.15) is 19.8 Å². The van der Waals surface area contributed by atoms with Crippen LogP contribution in [0.5, 0.6) is 5.75 Å². The molecule has 1 aromatic rings. The standard InChI is InChI=1S/C15H18ClNO4/c1-2-20-14(18)11-7-9-17(10-8-11)15(19)21-13-6-4-3-5-12(13)16/h3-6,11H,2,7-10H2,1H3. The van der Waals surface area contributed by atoms with E-state index in [0.29, 0.717) is 43.3 Å². The Morgan fingerprint density at radius 2 is 1.95 bits per heavy atom. The molecular weight excluding hydrogens is 294 g/mol. The summed E-state index contributed by atoms with van der Waals surface area (Å²) in [4.78, 5) is 25.3. The highest BCUT2D eigenvalue weighted by Crippen LogP contribution is 2.25. The number of para-hydroxylation sites is 1. The normalized spacial score (nSPS) is 15.6. The predicted molar refractivity (Wildman–Crippen MR) is 78.4 cm³/mol. The summed E-state index contributed by atoms with van der Waals surface area (Å²) in [5.41, 5.74) is 0. The summed E-state index contributed by atoms with van der Waals surface area (Å²) in [5.74, 6) is 0.0302. The number of halogens is 1. The summed E-state index contributed by atoms with van der Waals surface area (Å²) < 4.78 is 10.3. The molecule has 6 heteroatoms. The van der Waals surface area contributed by atoms with Gasteiger partial charge in [0.05, 0.1) is 17.5 Å². The minimum absolute atomic E-state index is 0.130. The summed E-state index contributed by atoms with van der Waals surface area (Å²) in [6, 6.07) is 6.83. The van der Waals surface area contributed by atoms with Gasteiger partial charge in [-0.1, -0.05) is 23.7 Å². The zero-order valence-electron chi connectivity index (χ0n) is 11.9. The zero-order valence-corrected chi connectivity index (χ0v) is 12.6. The van der Waals surface area contributed by atoms with Gasteiger partial charge in [-0.3, -0.25) is 4.79 Å². The molecule has 0 aromatic heterocycles. The van der Waals surface area contributed by atoms with Gasteiger partial charge in [0.25, 0.3) is 0 Å². The number of benzene rings is 1. The summed E-state index contributed by atoms with van der Waals surface area (Å²) in [5, 5.41) is 0.396. The third-order valence-electron chi connectivity index (χ3n) is 3.41. The van der Waals surface area contributed by atoms with E-state index < -0.39 is 6.09 Å². The van der Waals surface area contributed by atoms with E-state index in [0.717, 1.165) is 0 Å². The SMILES string of the molecule is CCOC(=O)C1CCN(C(=O)Oc2ccccc2Cl)CC1. The Morgan fingerprint density at radius 1 is 1.29 bits per heavy atom. The van der Waals surface area contributed by atoms with E-state index >= 15 is 0 Å². The second kappa shape index (κ2) is 7.31. The van der Waals surface area contributed by atoms with Crippen LogP contribution in [0.15, 0.2) is 24.3 Å². The first-order valence-electron chi connectivity index (χ1n) is 6.99. The van der Waals surface area contributed by atoms with Gasteiger partial charge in [-0.05, 0) is 31.9 Å². The third-order valence-corrected chi connectivity index (χ3v) is 3.72. The molecule has 1 aliphatic rings. The first kappa shape index (κ1) is 15.6. The number of hydrogen-bond acceptors (Lipinski definition) is 4. The number of ether oxygens (including phenoxy) is 2. The topological polar surface area (TPSA) is 55.8 Å². The van der Waals surface area contributed by atoms with Crippen molar-refractivity contribution in [2.24, 2.45) is 5.92 Å². The lowest BCUT2D eigenvalue weighted by molar-refractivity contribution is -0.149. The minimum Gasteiger partial charge on any atom is -0.466 e. The molecule has 2 rings (SSSR count). The molecule has 1 heterocycles. The fourth-order valence-electron chi connectivity index (χ4n) is 2.24. The molecule has 0 bridgehead atoms.